The molecule has 0 spiro atoms. The summed E-state index contributed by atoms with van der Waals surface area (Å²) >= 11 is 7.45. The monoisotopic (exact) mass is 388 g/mol. The van der Waals surface area contributed by atoms with Crippen LogP contribution in [0.1, 0.15) is 39.2 Å². The standard InChI is InChI=1S/C15H17ClN4O2S.ClH/c1-2-5-18-14(21)10-4-3-9(6-11(10)16)19-15(22)12-8-23-13(7-17)20-12;/h3-4,6,8H,2,5,7,17H2,1H3,(H,18,21)(H,19,22);1H. The lowest BCUT2D eigenvalue weighted by Gasteiger charge is -2.08. The molecule has 0 unspecified atom stereocenters. The van der Waals surface area contributed by atoms with Gasteiger partial charge in [-0.25, -0.2) is 4.98 Å². The third-order valence-corrected chi connectivity index (χ3v) is 4.15. The minimum atomic E-state index is -0.347. The maximum absolute atomic E-state index is 12.1. The van der Waals surface area contributed by atoms with Gasteiger partial charge in [0.15, 0.2) is 0 Å². The second-order valence-electron chi connectivity index (χ2n) is 4.74. The molecule has 6 nitrogen and oxygen atoms in total. The highest BCUT2D eigenvalue weighted by Gasteiger charge is 2.13. The van der Waals surface area contributed by atoms with Crippen LogP contribution in [-0.2, 0) is 6.54 Å². The molecule has 0 aliphatic heterocycles. The number of halogens is 2. The normalized spacial score (nSPS) is 9.96. The number of carbonyl (C=O) groups is 2. The van der Waals surface area contributed by atoms with Gasteiger partial charge >= 0.3 is 0 Å². The zero-order valence-electron chi connectivity index (χ0n) is 13.0. The summed E-state index contributed by atoms with van der Waals surface area (Å²) in [5, 5.41) is 8.06. The number of aromatic nitrogens is 1. The first-order chi connectivity index (χ1) is 11.0. The van der Waals surface area contributed by atoms with E-state index in [9.17, 15) is 9.59 Å². The summed E-state index contributed by atoms with van der Waals surface area (Å²) in [6.07, 6.45) is 0.843. The number of hydrogen-bond donors (Lipinski definition) is 3. The Morgan fingerprint density at radius 2 is 2.08 bits per heavy atom. The Hall–Kier alpha value is -1.67. The van der Waals surface area contributed by atoms with Crippen LogP contribution in [0.2, 0.25) is 5.02 Å². The van der Waals surface area contributed by atoms with E-state index in [0.717, 1.165) is 6.42 Å². The molecular formula is C15H18Cl2N4O2S. The number of carbonyl (C=O) groups excluding carboxylic acids is 2. The van der Waals surface area contributed by atoms with E-state index in [4.69, 9.17) is 17.3 Å². The van der Waals surface area contributed by atoms with Crippen molar-refractivity contribution in [2.45, 2.75) is 19.9 Å². The van der Waals surface area contributed by atoms with Crippen molar-refractivity contribution in [3.8, 4) is 0 Å². The summed E-state index contributed by atoms with van der Waals surface area (Å²) in [4.78, 5) is 28.1. The van der Waals surface area contributed by atoms with E-state index in [0.29, 0.717) is 35.0 Å². The van der Waals surface area contributed by atoms with Crippen molar-refractivity contribution in [1.82, 2.24) is 10.3 Å². The molecule has 2 amide bonds. The van der Waals surface area contributed by atoms with Crippen LogP contribution in [-0.4, -0.2) is 23.3 Å². The number of rotatable bonds is 6. The van der Waals surface area contributed by atoms with Gasteiger partial charge in [0, 0.05) is 24.2 Å². The SMILES string of the molecule is CCCNC(=O)c1ccc(NC(=O)c2csc(CN)n2)cc1Cl.Cl. The number of thiazole rings is 1. The van der Waals surface area contributed by atoms with Gasteiger partial charge in [-0.2, -0.15) is 0 Å². The minimum absolute atomic E-state index is 0. The van der Waals surface area contributed by atoms with Crippen LogP contribution in [0.15, 0.2) is 23.6 Å². The summed E-state index contributed by atoms with van der Waals surface area (Å²) in [5.41, 5.74) is 6.65. The molecule has 4 N–H and O–H groups in total. The zero-order valence-corrected chi connectivity index (χ0v) is 15.4. The Labute approximate surface area is 155 Å². The Morgan fingerprint density at radius 1 is 1.33 bits per heavy atom. The summed E-state index contributed by atoms with van der Waals surface area (Å²) in [6, 6.07) is 4.74. The molecule has 0 atom stereocenters. The lowest BCUT2D eigenvalue weighted by atomic mass is 10.2. The third-order valence-electron chi connectivity index (χ3n) is 2.97. The number of nitrogens with one attached hydrogen (secondary N) is 2. The van der Waals surface area contributed by atoms with Crippen LogP contribution in [0, 0.1) is 0 Å². The summed E-state index contributed by atoms with van der Waals surface area (Å²) in [7, 11) is 0. The van der Waals surface area contributed by atoms with Gasteiger partial charge in [0.2, 0.25) is 0 Å². The van der Waals surface area contributed by atoms with Gasteiger partial charge in [-0.05, 0) is 24.6 Å². The topological polar surface area (TPSA) is 97.1 Å². The van der Waals surface area contributed by atoms with E-state index >= 15 is 0 Å². The maximum atomic E-state index is 12.1. The van der Waals surface area contributed by atoms with E-state index in [1.165, 1.54) is 17.4 Å². The molecule has 0 fully saturated rings. The van der Waals surface area contributed by atoms with Crippen molar-refractivity contribution in [1.29, 1.82) is 0 Å². The Kier molecular flexibility index (Phi) is 8.14. The Bertz CT molecular complexity index is 721. The summed E-state index contributed by atoms with van der Waals surface area (Å²) in [6.45, 7) is 2.85. The number of nitrogens with two attached hydrogens (primary N) is 1. The van der Waals surface area contributed by atoms with E-state index < -0.39 is 0 Å². The van der Waals surface area contributed by atoms with Crippen molar-refractivity contribution in [3.05, 3.63) is 44.9 Å². The van der Waals surface area contributed by atoms with Gasteiger partial charge in [-0.3, -0.25) is 9.59 Å². The van der Waals surface area contributed by atoms with E-state index in [1.807, 2.05) is 6.92 Å². The first kappa shape index (κ1) is 20.4. The van der Waals surface area contributed by atoms with Gasteiger partial charge in [0.25, 0.3) is 11.8 Å². The summed E-state index contributed by atoms with van der Waals surface area (Å²) in [5.74, 6) is -0.581. The van der Waals surface area contributed by atoms with E-state index in [1.54, 1.807) is 17.5 Å². The van der Waals surface area contributed by atoms with Crippen molar-refractivity contribution in [3.63, 3.8) is 0 Å². The number of benzene rings is 1. The number of nitrogens with zero attached hydrogens (tertiary/aromatic N) is 1. The molecule has 1 heterocycles. The molecular weight excluding hydrogens is 371 g/mol. The molecule has 0 aliphatic carbocycles. The summed E-state index contributed by atoms with van der Waals surface area (Å²) < 4.78 is 0. The average molecular weight is 389 g/mol. The Balaban J connectivity index is 0.00000288. The van der Waals surface area contributed by atoms with Gasteiger partial charge in [0.1, 0.15) is 10.7 Å². The third kappa shape index (κ3) is 5.17. The van der Waals surface area contributed by atoms with Crippen LogP contribution in [0.3, 0.4) is 0 Å². The van der Waals surface area contributed by atoms with E-state index in [2.05, 4.69) is 15.6 Å². The highest BCUT2D eigenvalue weighted by Crippen LogP contribution is 2.22. The van der Waals surface area contributed by atoms with Gasteiger partial charge in [-0.15, -0.1) is 23.7 Å². The molecule has 1 aromatic heterocycles. The van der Waals surface area contributed by atoms with Gasteiger partial charge in [0.05, 0.1) is 10.6 Å². The average Bonchev–Trinajstić information content (AvgIpc) is 3.02. The number of anilines is 1. The van der Waals surface area contributed by atoms with Crippen molar-refractivity contribution >= 4 is 52.8 Å². The van der Waals surface area contributed by atoms with Crippen molar-refractivity contribution in [2.75, 3.05) is 11.9 Å². The molecule has 2 rings (SSSR count). The fourth-order valence-corrected chi connectivity index (χ4v) is 2.74. The number of hydrogen-bond acceptors (Lipinski definition) is 5. The molecule has 0 radical (unpaired) electrons. The predicted octanol–water partition coefficient (Wildman–Crippen LogP) is 3.07. The number of amides is 2. The van der Waals surface area contributed by atoms with E-state index in [-0.39, 0.29) is 29.2 Å². The lowest BCUT2D eigenvalue weighted by Crippen LogP contribution is -2.24. The second-order valence-corrected chi connectivity index (χ2v) is 6.09. The maximum Gasteiger partial charge on any atom is 0.275 e. The Morgan fingerprint density at radius 3 is 2.67 bits per heavy atom. The largest absolute Gasteiger partial charge is 0.352 e. The van der Waals surface area contributed by atoms with Crippen LogP contribution < -0.4 is 16.4 Å². The van der Waals surface area contributed by atoms with Crippen molar-refractivity contribution < 1.29 is 9.59 Å². The first-order valence-electron chi connectivity index (χ1n) is 7.08. The second kappa shape index (κ2) is 9.58. The molecule has 1 aromatic carbocycles. The zero-order chi connectivity index (χ0) is 16.8. The molecule has 0 bridgehead atoms. The fourth-order valence-electron chi connectivity index (χ4n) is 1.81. The lowest BCUT2D eigenvalue weighted by molar-refractivity contribution is 0.0953. The van der Waals surface area contributed by atoms with Crippen LogP contribution in [0.4, 0.5) is 5.69 Å². The van der Waals surface area contributed by atoms with Crippen LogP contribution in [0.25, 0.3) is 0 Å². The molecule has 0 aliphatic rings. The van der Waals surface area contributed by atoms with Gasteiger partial charge < -0.3 is 16.4 Å². The molecule has 0 saturated carbocycles. The fraction of sp³-hybridized carbons (Fsp3) is 0.267. The van der Waals surface area contributed by atoms with Gasteiger partial charge in [-0.1, -0.05) is 18.5 Å². The molecule has 0 saturated heterocycles. The quantitative estimate of drug-likeness (QED) is 0.707. The molecule has 130 valence electrons. The predicted molar refractivity (Wildman–Crippen MR) is 99.3 cm³/mol. The highest BCUT2D eigenvalue weighted by atomic mass is 35.5. The van der Waals surface area contributed by atoms with Crippen LogP contribution in [0.5, 0.6) is 0 Å². The minimum Gasteiger partial charge on any atom is -0.352 e. The smallest absolute Gasteiger partial charge is 0.275 e. The van der Waals surface area contributed by atoms with Crippen molar-refractivity contribution in [2.24, 2.45) is 5.73 Å². The molecule has 9 heteroatoms. The first-order valence-corrected chi connectivity index (χ1v) is 8.34. The molecule has 24 heavy (non-hydrogen) atoms. The van der Waals surface area contributed by atoms with Crippen LogP contribution >= 0.6 is 35.3 Å². The molecule has 2 aromatic rings. The highest BCUT2D eigenvalue weighted by molar-refractivity contribution is 7.09.